The van der Waals surface area contributed by atoms with Gasteiger partial charge in [0.25, 0.3) is 0 Å². The lowest BCUT2D eigenvalue weighted by molar-refractivity contribution is 0.112. The van der Waals surface area contributed by atoms with E-state index in [0.717, 1.165) is 23.4 Å². The van der Waals surface area contributed by atoms with E-state index in [1.807, 2.05) is 12.1 Å². The minimum atomic E-state index is 0.105. The Labute approximate surface area is 105 Å². The van der Waals surface area contributed by atoms with Gasteiger partial charge in [0.05, 0.1) is 6.61 Å². The maximum atomic E-state index is 6.02. The molecule has 1 aromatic carbocycles. The molecule has 0 heterocycles. The maximum absolute atomic E-state index is 6.02. The van der Waals surface area contributed by atoms with Gasteiger partial charge >= 0.3 is 0 Å². The van der Waals surface area contributed by atoms with Gasteiger partial charge in [-0.05, 0) is 42.9 Å². The molecule has 1 aliphatic rings. The van der Waals surface area contributed by atoms with Crippen molar-refractivity contribution in [3.05, 3.63) is 34.3 Å². The zero-order valence-corrected chi connectivity index (χ0v) is 10.9. The van der Waals surface area contributed by atoms with Gasteiger partial charge in [-0.15, -0.1) is 0 Å². The van der Waals surface area contributed by atoms with Crippen molar-refractivity contribution >= 4 is 15.9 Å². The lowest BCUT2D eigenvalue weighted by Gasteiger charge is -2.12. The SMILES string of the molecule is NC(COCC1CC1)Cc1cccc(Br)c1. The molecule has 0 radical (unpaired) electrons. The van der Waals surface area contributed by atoms with E-state index in [4.69, 9.17) is 10.5 Å². The Hall–Kier alpha value is -0.380. The summed E-state index contributed by atoms with van der Waals surface area (Å²) in [5.41, 5.74) is 7.28. The van der Waals surface area contributed by atoms with Crippen molar-refractivity contribution in [1.29, 1.82) is 0 Å². The molecule has 2 nitrogen and oxygen atoms in total. The molecule has 2 rings (SSSR count). The van der Waals surface area contributed by atoms with Crippen LogP contribution in [0.4, 0.5) is 0 Å². The van der Waals surface area contributed by atoms with E-state index < -0.39 is 0 Å². The first-order valence-corrected chi connectivity index (χ1v) is 6.61. The smallest absolute Gasteiger partial charge is 0.0620 e. The highest BCUT2D eigenvalue weighted by atomic mass is 79.9. The molecule has 1 saturated carbocycles. The van der Waals surface area contributed by atoms with Gasteiger partial charge in [0.1, 0.15) is 0 Å². The molecule has 0 bridgehead atoms. The molecule has 88 valence electrons. The van der Waals surface area contributed by atoms with E-state index in [1.165, 1.54) is 18.4 Å². The molecule has 0 amide bonds. The summed E-state index contributed by atoms with van der Waals surface area (Å²) >= 11 is 3.46. The second-order valence-corrected chi connectivity index (χ2v) is 5.49. The molecule has 1 fully saturated rings. The second-order valence-electron chi connectivity index (χ2n) is 4.57. The van der Waals surface area contributed by atoms with Crippen molar-refractivity contribution in [2.75, 3.05) is 13.2 Å². The number of rotatable bonds is 6. The molecule has 1 aliphatic carbocycles. The van der Waals surface area contributed by atoms with E-state index >= 15 is 0 Å². The van der Waals surface area contributed by atoms with Crippen molar-refractivity contribution in [1.82, 2.24) is 0 Å². The first kappa shape index (κ1) is 12.1. The van der Waals surface area contributed by atoms with Crippen LogP contribution in [-0.2, 0) is 11.2 Å². The molecule has 1 atom stereocenters. The average molecular weight is 284 g/mol. The van der Waals surface area contributed by atoms with Gasteiger partial charge in [0.15, 0.2) is 0 Å². The molecule has 0 saturated heterocycles. The highest BCUT2D eigenvalue weighted by Crippen LogP contribution is 2.28. The molecular formula is C13H18BrNO. The van der Waals surface area contributed by atoms with Gasteiger partial charge in [-0.1, -0.05) is 28.1 Å². The molecule has 16 heavy (non-hydrogen) atoms. The summed E-state index contributed by atoms with van der Waals surface area (Å²) in [5.74, 6) is 0.818. The van der Waals surface area contributed by atoms with Crippen LogP contribution in [0.5, 0.6) is 0 Å². The Kier molecular flexibility index (Phi) is 4.38. The Bertz CT molecular complexity index is 338. The zero-order valence-electron chi connectivity index (χ0n) is 9.36. The molecular weight excluding hydrogens is 266 g/mol. The zero-order chi connectivity index (χ0) is 11.4. The fourth-order valence-corrected chi connectivity index (χ4v) is 2.14. The van der Waals surface area contributed by atoms with Crippen LogP contribution < -0.4 is 5.73 Å². The first-order chi connectivity index (χ1) is 7.74. The van der Waals surface area contributed by atoms with Gasteiger partial charge in [-0.3, -0.25) is 0 Å². The highest BCUT2D eigenvalue weighted by molar-refractivity contribution is 9.10. The summed E-state index contributed by atoms with van der Waals surface area (Å²) in [4.78, 5) is 0. The summed E-state index contributed by atoms with van der Waals surface area (Å²) in [6, 6.07) is 8.38. The largest absolute Gasteiger partial charge is 0.380 e. The number of hydrogen-bond acceptors (Lipinski definition) is 2. The summed E-state index contributed by atoms with van der Waals surface area (Å²) in [5, 5.41) is 0. The standard InChI is InChI=1S/C13H18BrNO/c14-12-3-1-2-11(6-12)7-13(15)9-16-8-10-4-5-10/h1-3,6,10,13H,4-5,7-9,15H2. The van der Waals surface area contributed by atoms with Crippen LogP contribution in [0.15, 0.2) is 28.7 Å². The van der Waals surface area contributed by atoms with Gasteiger partial charge in [0.2, 0.25) is 0 Å². The fraction of sp³-hybridized carbons (Fsp3) is 0.538. The number of hydrogen-bond donors (Lipinski definition) is 1. The number of benzene rings is 1. The Balaban J connectivity index is 1.70. The second kappa shape index (κ2) is 5.80. The van der Waals surface area contributed by atoms with Gasteiger partial charge in [0, 0.05) is 17.1 Å². The third-order valence-corrected chi connectivity index (χ3v) is 3.26. The molecule has 0 aliphatic heterocycles. The van der Waals surface area contributed by atoms with Crippen molar-refractivity contribution in [3.63, 3.8) is 0 Å². The molecule has 0 spiro atoms. The Morgan fingerprint density at radius 2 is 2.25 bits per heavy atom. The van der Waals surface area contributed by atoms with Crippen LogP contribution in [0, 0.1) is 5.92 Å². The summed E-state index contributed by atoms with van der Waals surface area (Å²) in [6.45, 7) is 1.56. The summed E-state index contributed by atoms with van der Waals surface area (Å²) in [7, 11) is 0. The van der Waals surface area contributed by atoms with Crippen molar-refractivity contribution in [2.24, 2.45) is 11.7 Å². The third kappa shape index (κ3) is 4.24. The van der Waals surface area contributed by atoms with Crippen molar-refractivity contribution in [3.8, 4) is 0 Å². The number of nitrogens with two attached hydrogens (primary N) is 1. The molecule has 1 aromatic rings. The average Bonchev–Trinajstić information content (AvgIpc) is 3.01. The monoisotopic (exact) mass is 283 g/mol. The van der Waals surface area contributed by atoms with Crippen molar-refractivity contribution < 1.29 is 4.74 Å². The van der Waals surface area contributed by atoms with Crippen LogP contribution >= 0.6 is 15.9 Å². The van der Waals surface area contributed by atoms with E-state index in [0.29, 0.717) is 6.61 Å². The van der Waals surface area contributed by atoms with E-state index in [-0.39, 0.29) is 6.04 Å². The van der Waals surface area contributed by atoms with Gasteiger partial charge in [-0.2, -0.15) is 0 Å². The number of halogens is 1. The lowest BCUT2D eigenvalue weighted by atomic mass is 10.1. The quantitative estimate of drug-likeness (QED) is 0.871. The summed E-state index contributed by atoms with van der Waals surface area (Å²) in [6.07, 6.45) is 3.55. The Morgan fingerprint density at radius 3 is 2.94 bits per heavy atom. The van der Waals surface area contributed by atoms with E-state index in [2.05, 4.69) is 28.1 Å². The molecule has 3 heteroatoms. The third-order valence-electron chi connectivity index (χ3n) is 2.77. The van der Waals surface area contributed by atoms with Crippen LogP contribution in [-0.4, -0.2) is 19.3 Å². The van der Waals surface area contributed by atoms with Gasteiger partial charge < -0.3 is 10.5 Å². The van der Waals surface area contributed by atoms with Crippen LogP contribution in [0.25, 0.3) is 0 Å². The molecule has 1 unspecified atom stereocenters. The predicted molar refractivity (Wildman–Crippen MR) is 69.4 cm³/mol. The van der Waals surface area contributed by atoms with Crippen LogP contribution in [0.3, 0.4) is 0 Å². The predicted octanol–water partition coefficient (Wildman–Crippen LogP) is 2.75. The maximum Gasteiger partial charge on any atom is 0.0620 e. The molecule has 2 N–H and O–H groups in total. The summed E-state index contributed by atoms with van der Waals surface area (Å²) < 4.78 is 6.69. The van der Waals surface area contributed by atoms with Gasteiger partial charge in [-0.25, -0.2) is 0 Å². The first-order valence-electron chi connectivity index (χ1n) is 5.82. The minimum Gasteiger partial charge on any atom is -0.380 e. The van der Waals surface area contributed by atoms with E-state index in [1.54, 1.807) is 0 Å². The minimum absolute atomic E-state index is 0.105. The normalized spacial score (nSPS) is 17.4. The number of ether oxygens (including phenoxy) is 1. The van der Waals surface area contributed by atoms with Crippen LogP contribution in [0.1, 0.15) is 18.4 Å². The van der Waals surface area contributed by atoms with Crippen molar-refractivity contribution in [2.45, 2.75) is 25.3 Å². The Morgan fingerprint density at radius 1 is 1.44 bits per heavy atom. The highest BCUT2D eigenvalue weighted by Gasteiger charge is 2.21. The molecule has 0 aromatic heterocycles. The van der Waals surface area contributed by atoms with E-state index in [9.17, 15) is 0 Å². The lowest BCUT2D eigenvalue weighted by Crippen LogP contribution is -2.29. The topological polar surface area (TPSA) is 35.2 Å². The van der Waals surface area contributed by atoms with Crippen LogP contribution in [0.2, 0.25) is 0 Å². The fourth-order valence-electron chi connectivity index (χ4n) is 1.70.